The maximum atomic E-state index is 11.7. The van der Waals surface area contributed by atoms with E-state index >= 15 is 0 Å². The number of rotatable bonds is 8. The van der Waals surface area contributed by atoms with Gasteiger partial charge in [-0.1, -0.05) is 5.21 Å². The van der Waals surface area contributed by atoms with Crippen LogP contribution in [0.4, 0.5) is 0 Å². The van der Waals surface area contributed by atoms with Crippen LogP contribution in [-0.2, 0) is 54.7 Å². The Labute approximate surface area is 200 Å². The zero-order valence-electron chi connectivity index (χ0n) is 19.0. The van der Waals surface area contributed by atoms with Crippen LogP contribution in [0.1, 0.15) is 26.5 Å². The van der Waals surface area contributed by atoms with Crippen molar-refractivity contribution in [3.05, 3.63) is 36.2 Å². The smallest absolute Gasteiger partial charge is 0.303 e. The van der Waals surface area contributed by atoms with Crippen molar-refractivity contribution in [1.29, 1.82) is 0 Å². The standard InChI is InChI=1S/C20H24N4O10S/c1-11(25)32-17-10-31-20(19(34-13(3)27)18(17)33-12(2)26)30-9-14-8-24(23-22-14)15-4-6-16(7-5-15)35(21,28)29/h4-8,17-20H,9-10H2,1-3H3,(H2,21,28,29)/t17-,18-,19+,20?/m1/s1. The van der Waals surface area contributed by atoms with Gasteiger partial charge in [0.2, 0.25) is 10.0 Å². The van der Waals surface area contributed by atoms with Gasteiger partial charge >= 0.3 is 17.9 Å². The van der Waals surface area contributed by atoms with Gasteiger partial charge in [-0.25, -0.2) is 18.2 Å². The van der Waals surface area contributed by atoms with E-state index in [9.17, 15) is 22.8 Å². The molecule has 1 fully saturated rings. The minimum atomic E-state index is -3.83. The third-order valence-corrected chi connectivity index (χ3v) is 5.60. The van der Waals surface area contributed by atoms with Crippen LogP contribution in [0.15, 0.2) is 35.4 Å². The van der Waals surface area contributed by atoms with Gasteiger partial charge in [0.05, 0.1) is 30.0 Å². The van der Waals surface area contributed by atoms with Crippen LogP contribution in [0, 0.1) is 0 Å². The number of esters is 3. The zero-order valence-corrected chi connectivity index (χ0v) is 19.8. The van der Waals surface area contributed by atoms with Crippen LogP contribution in [0.25, 0.3) is 5.69 Å². The lowest BCUT2D eigenvalue weighted by atomic mass is 10.0. The molecule has 15 heteroatoms. The summed E-state index contributed by atoms with van der Waals surface area (Å²) in [6.07, 6.45) is -3.04. The molecule has 1 unspecified atom stereocenters. The van der Waals surface area contributed by atoms with E-state index in [1.807, 2.05) is 0 Å². The summed E-state index contributed by atoms with van der Waals surface area (Å²) in [5.41, 5.74) is 0.874. The largest absolute Gasteiger partial charge is 0.456 e. The van der Waals surface area contributed by atoms with Crippen molar-refractivity contribution < 1.29 is 46.5 Å². The monoisotopic (exact) mass is 512 g/mol. The second-order valence-corrected chi connectivity index (χ2v) is 9.06. The predicted octanol–water partition coefficient (Wildman–Crippen LogP) is -0.417. The highest BCUT2D eigenvalue weighted by Gasteiger charge is 2.47. The number of sulfonamides is 1. The molecule has 1 aliphatic rings. The fourth-order valence-corrected chi connectivity index (χ4v) is 3.81. The summed E-state index contributed by atoms with van der Waals surface area (Å²) in [6, 6.07) is 5.66. The quantitative estimate of drug-likeness (QED) is 0.356. The molecular weight excluding hydrogens is 488 g/mol. The first-order chi connectivity index (χ1) is 16.4. The lowest BCUT2D eigenvalue weighted by molar-refractivity contribution is -0.283. The Bertz CT molecular complexity index is 1180. The van der Waals surface area contributed by atoms with Crippen molar-refractivity contribution in [2.75, 3.05) is 6.61 Å². The van der Waals surface area contributed by atoms with Gasteiger partial charge in [-0.05, 0) is 24.3 Å². The molecule has 2 N–H and O–H groups in total. The van der Waals surface area contributed by atoms with E-state index in [1.165, 1.54) is 42.1 Å². The molecule has 2 aromatic rings. The highest BCUT2D eigenvalue weighted by molar-refractivity contribution is 7.89. The molecular formula is C20H24N4O10S. The summed E-state index contributed by atoms with van der Waals surface area (Å²) < 4.78 is 51.2. The number of aromatic nitrogens is 3. The van der Waals surface area contributed by atoms with E-state index in [0.717, 1.165) is 13.8 Å². The number of carbonyl (C=O) groups excluding carboxylic acids is 3. The highest BCUT2D eigenvalue weighted by atomic mass is 32.2. The van der Waals surface area contributed by atoms with E-state index < -0.39 is 52.5 Å². The molecule has 0 saturated carbocycles. The van der Waals surface area contributed by atoms with Gasteiger partial charge in [0.1, 0.15) is 5.69 Å². The summed E-state index contributed by atoms with van der Waals surface area (Å²) in [5.74, 6) is -2.01. The average molecular weight is 512 g/mol. The Kier molecular flexibility index (Phi) is 8.16. The highest BCUT2D eigenvalue weighted by Crippen LogP contribution is 2.26. The Hall–Kier alpha value is -3.40. The van der Waals surface area contributed by atoms with Crippen LogP contribution in [0.2, 0.25) is 0 Å². The number of hydrogen-bond donors (Lipinski definition) is 1. The number of carbonyl (C=O) groups is 3. The Morgan fingerprint density at radius 1 is 1.03 bits per heavy atom. The van der Waals surface area contributed by atoms with Gasteiger partial charge in [-0.15, -0.1) is 5.10 Å². The number of nitrogens with two attached hydrogens (primary N) is 1. The molecule has 0 aliphatic carbocycles. The number of primary sulfonamides is 1. The minimum absolute atomic E-state index is 0.0507. The molecule has 0 amide bonds. The van der Waals surface area contributed by atoms with Crippen LogP contribution in [0.5, 0.6) is 0 Å². The normalized spacial score (nSPS) is 22.3. The summed E-state index contributed by atoms with van der Waals surface area (Å²) in [7, 11) is -3.83. The van der Waals surface area contributed by atoms with Crippen molar-refractivity contribution in [1.82, 2.24) is 15.0 Å². The van der Waals surface area contributed by atoms with Crippen LogP contribution < -0.4 is 5.14 Å². The molecule has 35 heavy (non-hydrogen) atoms. The predicted molar refractivity (Wildman–Crippen MR) is 114 cm³/mol. The number of ether oxygens (including phenoxy) is 5. The van der Waals surface area contributed by atoms with Crippen LogP contribution in [0.3, 0.4) is 0 Å². The van der Waals surface area contributed by atoms with E-state index in [4.69, 9.17) is 28.8 Å². The lowest BCUT2D eigenvalue weighted by Crippen LogP contribution is -2.58. The van der Waals surface area contributed by atoms with Crippen molar-refractivity contribution in [2.24, 2.45) is 5.14 Å². The van der Waals surface area contributed by atoms with Gasteiger partial charge in [-0.3, -0.25) is 14.4 Å². The fourth-order valence-electron chi connectivity index (χ4n) is 3.30. The minimum Gasteiger partial charge on any atom is -0.456 e. The SMILES string of the molecule is CC(=O)O[C@H]1[C@H](OC(C)=O)C(OCc2cn(-c3ccc(S(N)(=O)=O)cc3)nn2)OC[C@H]1OC(C)=O. The van der Waals surface area contributed by atoms with Crippen molar-refractivity contribution in [2.45, 2.75) is 56.9 Å². The molecule has 190 valence electrons. The molecule has 4 atom stereocenters. The second-order valence-electron chi connectivity index (χ2n) is 7.50. The van der Waals surface area contributed by atoms with E-state index in [0.29, 0.717) is 11.4 Å². The maximum absolute atomic E-state index is 11.7. The average Bonchev–Trinajstić information content (AvgIpc) is 3.23. The molecule has 1 saturated heterocycles. The van der Waals surface area contributed by atoms with Crippen molar-refractivity contribution >= 4 is 27.9 Å². The number of hydrogen-bond acceptors (Lipinski definition) is 12. The summed E-state index contributed by atoms with van der Waals surface area (Å²) in [5, 5.41) is 13.0. The molecule has 2 heterocycles. The van der Waals surface area contributed by atoms with Crippen LogP contribution >= 0.6 is 0 Å². The summed E-state index contributed by atoms with van der Waals surface area (Å²) >= 11 is 0. The maximum Gasteiger partial charge on any atom is 0.303 e. The van der Waals surface area contributed by atoms with Gasteiger partial charge in [-0.2, -0.15) is 0 Å². The third-order valence-electron chi connectivity index (χ3n) is 4.67. The van der Waals surface area contributed by atoms with Gasteiger partial charge in [0.15, 0.2) is 24.6 Å². The molecule has 14 nitrogen and oxygen atoms in total. The topological polar surface area (TPSA) is 188 Å². The summed E-state index contributed by atoms with van der Waals surface area (Å²) in [6.45, 7) is 3.19. The molecule has 1 aromatic carbocycles. The van der Waals surface area contributed by atoms with E-state index in [1.54, 1.807) is 0 Å². The van der Waals surface area contributed by atoms with E-state index in [2.05, 4.69) is 10.3 Å². The molecule has 0 spiro atoms. The molecule has 0 bridgehead atoms. The van der Waals surface area contributed by atoms with Crippen molar-refractivity contribution in [3.8, 4) is 5.69 Å². The Morgan fingerprint density at radius 2 is 1.63 bits per heavy atom. The first kappa shape index (κ1) is 26.2. The van der Waals surface area contributed by atoms with Crippen molar-refractivity contribution in [3.63, 3.8) is 0 Å². The fraction of sp³-hybridized carbons (Fsp3) is 0.450. The molecule has 0 radical (unpaired) electrons. The molecule has 3 rings (SSSR count). The Balaban J connectivity index is 1.73. The number of benzene rings is 1. The first-order valence-electron chi connectivity index (χ1n) is 10.2. The third kappa shape index (κ3) is 7.05. The van der Waals surface area contributed by atoms with Gasteiger partial charge < -0.3 is 23.7 Å². The summed E-state index contributed by atoms with van der Waals surface area (Å²) in [4.78, 5) is 34.7. The van der Waals surface area contributed by atoms with E-state index in [-0.39, 0.29) is 18.1 Å². The first-order valence-corrected chi connectivity index (χ1v) is 11.8. The molecule has 1 aromatic heterocycles. The number of nitrogens with zero attached hydrogens (tertiary/aromatic N) is 3. The van der Waals surface area contributed by atoms with Crippen LogP contribution in [-0.4, -0.2) is 72.5 Å². The Morgan fingerprint density at radius 3 is 2.20 bits per heavy atom. The zero-order chi connectivity index (χ0) is 25.8. The second kappa shape index (κ2) is 10.9. The molecule has 1 aliphatic heterocycles. The van der Waals surface area contributed by atoms with Gasteiger partial charge in [0, 0.05) is 20.8 Å². The lowest BCUT2D eigenvalue weighted by Gasteiger charge is -2.40. The van der Waals surface area contributed by atoms with Gasteiger partial charge in [0.25, 0.3) is 0 Å².